The lowest BCUT2D eigenvalue weighted by atomic mass is 10.1. The number of H-pyrrole nitrogens is 1. The number of amides is 1. The molecule has 0 saturated heterocycles. The van der Waals surface area contributed by atoms with E-state index in [1.165, 1.54) is 18.2 Å². The lowest BCUT2D eigenvalue weighted by molar-refractivity contribution is -0.385. The van der Waals surface area contributed by atoms with Crippen molar-refractivity contribution in [3.8, 4) is 17.3 Å². The number of nitriles is 1. The van der Waals surface area contributed by atoms with Gasteiger partial charge in [0.05, 0.1) is 22.9 Å². The van der Waals surface area contributed by atoms with Crippen molar-refractivity contribution in [3.63, 3.8) is 0 Å². The highest BCUT2D eigenvalue weighted by molar-refractivity contribution is 5.92. The van der Waals surface area contributed by atoms with Gasteiger partial charge in [0.15, 0.2) is 0 Å². The van der Waals surface area contributed by atoms with Gasteiger partial charge < -0.3 is 5.32 Å². The summed E-state index contributed by atoms with van der Waals surface area (Å²) in [6.07, 6.45) is 1.68. The molecule has 0 bridgehead atoms. The first kappa shape index (κ1) is 20.3. The highest BCUT2D eigenvalue weighted by Gasteiger charge is 2.16. The molecule has 0 radical (unpaired) electrons. The molecule has 30 heavy (non-hydrogen) atoms. The summed E-state index contributed by atoms with van der Waals surface area (Å²) in [5.41, 5.74) is 1.29. The fourth-order valence-electron chi connectivity index (χ4n) is 2.68. The fraction of sp³-hybridized carbons (Fsp3) is 0.222. The third-order valence-electron chi connectivity index (χ3n) is 4.32. The number of hydrogen-bond donors (Lipinski definition) is 2. The maximum atomic E-state index is 12.1. The largest absolute Gasteiger partial charge is 0.349 e. The van der Waals surface area contributed by atoms with Crippen LogP contribution >= 0.6 is 0 Å². The van der Waals surface area contributed by atoms with Crippen LogP contribution in [-0.4, -0.2) is 37.4 Å². The standard InChI is InChI=1S/C18H16N8O4/c1-11(24-28)15-9-16(22-21-15)18(27)20-5-7-25-6-4-14(23-25)12-2-3-13(10-19)17(8-12)26(29)30/h2-4,6,8-9,11H,5,7H2,1H3,(H,20,27)(H,21,22). The second-order valence-corrected chi connectivity index (χ2v) is 6.31. The number of nitrogens with one attached hydrogen (secondary N) is 2. The smallest absolute Gasteiger partial charge is 0.287 e. The molecule has 2 heterocycles. The zero-order chi connectivity index (χ0) is 21.7. The van der Waals surface area contributed by atoms with Gasteiger partial charge in [-0.25, -0.2) is 0 Å². The lowest BCUT2D eigenvalue weighted by Crippen LogP contribution is -2.27. The number of benzene rings is 1. The van der Waals surface area contributed by atoms with Crippen LogP contribution in [0.2, 0.25) is 0 Å². The summed E-state index contributed by atoms with van der Waals surface area (Å²) in [6.45, 7) is 2.20. The van der Waals surface area contributed by atoms with E-state index in [9.17, 15) is 19.8 Å². The molecule has 0 saturated carbocycles. The molecule has 12 heteroatoms. The second kappa shape index (κ2) is 8.74. The number of carbonyl (C=O) groups excluding carboxylic acids is 1. The topological polar surface area (TPSA) is 172 Å². The summed E-state index contributed by atoms with van der Waals surface area (Å²) in [5.74, 6) is -0.411. The minimum absolute atomic E-state index is 0.0225. The van der Waals surface area contributed by atoms with Crippen LogP contribution < -0.4 is 5.32 Å². The molecule has 0 spiro atoms. The molecule has 0 aliphatic rings. The monoisotopic (exact) mass is 408 g/mol. The summed E-state index contributed by atoms with van der Waals surface area (Å²) in [6, 6.07) is 8.58. The first-order chi connectivity index (χ1) is 14.4. The minimum atomic E-state index is -0.625. The van der Waals surface area contributed by atoms with Crippen LogP contribution in [0.3, 0.4) is 0 Å². The zero-order valence-electron chi connectivity index (χ0n) is 15.8. The number of nitrogens with zero attached hydrogens (tertiary/aromatic N) is 6. The molecule has 1 atom stereocenters. The van der Waals surface area contributed by atoms with Gasteiger partial charge in [-0.3, -0.25) is 24.7 Å². The predicted octanol–water partition coefficient (Wildman–Crippen LogP) is 2.31. The van der Waals surface area contributed by atoms with Gasteiger partial charge in [-0.2, -0.15) is 20.4 Å². The van der Waals surface area contributed by atoms with E-state index in [-0.39, 0.29) is 23.5 Å². The van der Waals surface area contributed by atoms with Gasteiger partial charge in [0.2, 0.25) is 0 Å². The van der Waals surface area contributed by atoms with Crippen molar-refractivity contribution < 1.29 is 9.72 Å². The molecule has 0 aliphatic carbocycles. The molecule has 3 aromatic rings. The molecular weight excluding hydrogens is 392 g/mol. The summed E-state index contributed by atoms with van der Waals surface area (Å²) in [7, 11) is 0. The molecule has 0 aliphatic heterocycles. The summed E-state index contributed by atoms with van der Waals surface area (Å²) in [5, 5.41) is 36.4. The van der Waals surface area contributed by atoms with Crippen LogP contribution in [0.1, 0.15) is 34.7 Å². The Kier molecular flexibility index (Phi) is 5.92. The van der Waals surface area contributed by atoms with Crippen molar-refractivity contribution in [2.24, 2.45) is 5.18 Å². The fourth-order valence-corrected chi connectivity index (χ4v) is 2.68. The van der Waals surface area contributed by atoms with Gasteiger partial charge in [0, 0.05) is 24.4 Å². The molecule has 1 aromatic carbocycles. The van der Waals surface area contributed by atoms with E-state index in [1.807, 2.05) is 0 Å². The number of nitro groups is 1. The molecule has 2 N–H and O–H groups in total. The average Bonchev–Trinajstić information content (AvgIpc) is 3.42. The molecule has 1 amide bonds. The normalized spacial score (nSPS) is 11.5. The summed E-state index contributed by atoms with van der Waals surface area (Å²) >= 11 is 0. The third kappa shape index (κ3) is 4.36. The van der Waals surface area contributed by atoms with Gasteiger partial charge in [-0.05, 0) is 25.1 Å². The zero-order valence-corrected chi connectivity index (χ0v) is 15.8. The number of hydrogen-bond acceptors (Lipinski definition) is 8. The van der Waals surface area contributed by atoms with Crippen LogP contribution in [0.4, 0.5) is 5.69 Å². The Labute approximate surface area is 169 Å². The number of nitroso groups, excluding NO2 is 1. The third-order valence-corrected chi connectivity index (χ3v) is 4.32. The van der Waals surface area contributed by atoms with Crippen molar-refractivity contribution >= 4 is 11.6 Å². The Hall–Kier alpha value is -4.40. The molecular formula is C18H16N8O4. The average molecular weight is 408 g/mol. The Morgan fingerprint density at radius 1 is 1.43 bits per heavy atom. The maximum absolute atomic E-state index is 12.1. The number of rotatable bonds is 8. The first-order valence-electron chi connectivity index (χ1n) is 8.81. The van der Waals surface area contributed by atoms with Crippen LogP contribution in [-0.2, 0) is 6.54 Å². The number of aromatic nitrogens is 4. The van der Waals surface area contributed by atoms with Gasteiger partial charge in [-0.1, -0.05) is 11.2 Å². The van der Waals surface area contributed by atoms with E-state index in [0.29, 0.717) is 23.5 Å². The van der Waals surface area contributed by atoms with E-state index in [1.54, 1.807) is 36.0 Å². The predicted molar refractivity (Wildman–Crippen MR) is 104 cm³/mol. The maximum Gasteiger partial charge on any atom is 0.287 e. The molecule has 152 valence electrons. The Bertz CT molecular complexity index is 1140. The highest BCUT2D eigenvalue weighted by Crippen LogP contribution is 2.25. The van der Waals surface area contributed by atoms with Crippen molar-refractivity contribution in [2.75, 3.05) is 6.54 Å². The van der Waals surface area contributed by atoms with Gasteiger partial charge >= 0.3 is 0 Å². The van der Waals surface area contributed by atoms with Crippen LogP contribution in [0.25, 0.3) is 11.3 Å². The van der Waals surface area contributed by atoms with Gasteiger partial charge in [-0.15, -0.1) is 0 Å². The molecule has 1 unspecified atom stereocenters. The van der Waals surface area contributed by atoms with Crippen molar-refractivity contribution in [1.29, 1.82) is 5.26 Å². The van der Waals surface area contributed by atoms with E-state index >= 15 is 0 Å². The Morgan fingerprint density at radius 2 is 2.23 bits per heavy atom. The Morgan fingerprint density at radius 3 is 2.93 bits per heavy atom. The van der Waals surface area contributed by atoms with E-state index in [0.717, 1.165) is 0 Å². The van der Waals surface area contributed by atoms with E-state index < -0.39 is 16.9 Å². The molecule has 3 rings (SSSR count). The molecule has 12 nitrogen and oxygen atoms in total. The van der Waals surface area contributed by atoms with Crippen LogP contribution in [0.15, 0.2) is 41.7 Å². The minimum Gasteiger partial charge on any atom is -0.349 e. The number of nitro benzene ring substituents is 1. The van der Waals surface area contributed by atoms with Crippen molar-refractivity contribution in [2.45, 2.75) is 19.5 Å². The van der Waals surface area contributed by atoms with Gasteiger partial charge in [0.25, 0.3) is 11.6 Å². The summed E-state index contributed by atoms with van der Waals surface area (Å²) in [4.78, 5) is 33.2. The van der Waals surface area contributed by atoms with Crippen molar-refractivity contribution in [3.05, 3.63) is 68.5 Å². The van der Waals surface area contributed by atoms with Crippen molar-refractivity contribution in [1.82, 2.24) is 25.3 Å². The summed E-state index contributed by atoms with van der Waals surface area (Å²) < 4.78 is 1.58. The van der Waals surface area contributed by atoms with Crippen LogP contribution in [0, 0.1) is 26.4 Å². The van der Waals surface area contributed by atoms with E-state index in [4.69, 9.17) is 5.26 Å². The quantitative estimate of drug-likeness (QED) is 0.327. The number of carbonyl (C=O) groups is 1. The highest BCUT2D eigenvalue weighted by atomic mass is 16.6. The molecule has 2 aromatic heterocycles. The second-order valence-electron chi connectivity index (χ2n) is 6.31. The molecule has 0 fully saturated rings. The van der Waals surface area contributed by atoms with E-state index in [2.05, 4.69) is 25.8 Å². The Balaban J connectivity index is 1.61. The lowest BCUT2D eigenvalue weighted by Gasteiger charge is -2.04. The first-order valence-corrected chi connectivity index (χ1v) is 8.81. The van der Waals surface area contributed by atoms with Crippen LogP contribution in [0.5, 0.6) is 0 Å². The SMILES string of the molecule is CC(N=O)c1cc(C(=O)NCCn2ccc(-c3ccc(C#N)c([N+](=O)[O-])c3)n2)n[nH]1. The van der Waals surface area contributed by atoms with Gasteiger partial charge in [0.1, 0.15) is 23.4 Å². The number of aromatic amines is 1.